The van der Waals surface area contributed by atoms with E-state index in [1.165, 1.54) is 0 Å². The van der Waals surface area contributed by atoms with E-state index in [1.807, 2.05) is 25.1 Å². The van der Waals surface area contributed by atoms with E-state index in [2.05, 4.69) is 0 Å². The fourth-order valence-corrected chi connectivity index (χ4v) is 3.26. The molecule has 5 nitrogen and oxygen atoms in total. The first-order valence-electron chi connectivity index (χ1n) is 7.37. The van der Waals surface area contributed by atoms with Crippen LogP contribution in [0.3, 0.4) is 0 Å². The summed E-state index contributed by atoms with van der Waals surface area (Å²) in [6.07, 6.45) is 2.08. The molecule has 0 N–H and O–H groups in total. The molecule has 1 unspecified atom stereocenters. The standard InChI is InChI=1S/C16H20N2O3/c1-11-10-12(21-2)5-6-13(11)18-9-7-15(19)17-8-3-4-14(17)16(18)20/h5-6,10,14H,3-4,7-9H2,1-2H3. The van der Waals surface area contributed by atoms with Gasteiger partial charge in [-0.05, 0) is 43.5 Å². The van der Waals surface area contributed by atoms with E-state index in [0.717, 1.165) is 29.8 Å². The van der Waals surface area contributed by atoms with Gasteiger partial charge in [0.1, 0.15) is 11.8 Å². The fraction of sp³-hybridized carbons (Fsp3) is 0.500. The highest BCUT2D eigenvalue weighted by Crippen LogP contribution is 2.30. The van der Waals surface area contributed by atoms with Crippen molar-refractivity contribution in [2.24, 2.45) is 0 Å². The smallest absolute Gasteiger partial charge is 0.249 e. The van der Waals surface area contributed by atoms with E-state index in [4.69, 9.17) is 4.74 Å². The zero-order valence-electron chi connectivity index (χ0n) is 12.5. The van der Waals surface area contributed by atoms with Crippen molar-refractivity contribution < 1.29 is 14.3 Å². The SMILES string of the molecule is COc1ccc(N2CCC(=O)N3CCCC3C2=O)c(C)c1. The van der Waals surface area contributed by atoms with Gasteiger partial charge in [-0.1, -0.05) is 0 Å². The third-order valence-corrected chi connectivity index (χ3v) is 4.37. The van der Waals surface area contributed by atoms with Crippen LogP contribution in [0.1, 0.15) is 24.8 Å². The molecule has 2 amide bonds. The number of benzene rings is 1. The average Bonchev–Trinajstić information content (AvgIpc) is 2.93. The van der Waals surface area contributed by atoms with Crippen LogP contribution in [0.4, 0.5) is 5.69 Å². The third-order valence-electron chi connectivity index (χ3n) is 4.37. The number of methoxy groups -OCH3 is 1. The van der Waals surface area contributed by atoms with Crippen molar-refractivity contribution in [2.75, 3.05) is 25.1 Å². The van der Waals surface area contributed by atoms with Gasteiger partial charge < -0.3 is 14.5 Å². The second-order valence-electron chi connectivity index (χ2n) is 5.64. The summed E-state index contributed by atoms with van der Waals surface area (Å²) in [6, 6.07) is 5.40. The van der Waals surface area contributed by atoms with Crippen molar-refractivity contribution in [3.63, 3.8) is 0 Å². The summed E-state index contributed by atoms with van der Waals surface area (Å²) in [4.78, 5) is 28.4. The maximum atomic E-state index is 12.8. The van der Waals surface area contributed by atoms with Crippen molar-refractivity contribution >= 4 is 17.5 Å². The van der Waals surface area contributed by atoms with Crippen LogP contribution in [-0.2, 0) is 9.59 Å². The summed E-state index contributed by atoms with van der Waals surface area (Å²) in [5.41, 5.74) is 1.86. The second kappa shape index (κ2) is 5.39. The number of carbonyl (C=O) groups excluding carboxylic acids is 2. The molecule has 0 bridgehead atoms. The predicted molar refractivity (Wildman–Crippen MR) is 79.4 cm³/mol. The molecule has 0 aromatic heterocycles. The van der Waals surface area contributed by atoms with Crippen LogP contribution in [0.5, 0.6) is 5.75 Å². The molecular weight excluding hydrogens is 268 g/mol. The van der Waals surface area contributed by atoms with E-state index in [0.29, 0.717) is 19.5 Å². The summed E-state index contributed by atoms with van der Waals surface area (Å²) in [5, 5.41) is 0. The highest BCUT2D eigenvalue weighted by atomic mass is 16.5. The van der Waals surface area contributed by atoms with Crippen molar-refractivity contribution in [1.82, 2.24) is 4.90 Å². The summed E-state index contributed by atoms with van der Waals surface area (Å²) >= 11 is 0. The van der Waals surface area contributed by atoms with Gasteiger partial charge in [0.05, 0.1) is 7.11 Å². The lowest BCUT2D eigenvalue weighted by molar-refractivity contribution is -0.135. The summed E-state index contributed by atoms with van der Waals surface area (Å²) < 4.78 is 5.21. The van der Waals surface area contributed by atoms with Gasteiger partial charge in [-0.25, -0.2) is 0 Å². The van der Waals surface area contributed by atoms with E-state index in [-0.39, 0.29) is 17.9 Å². The minimum atomic E-state index is -0.276. The predicted octanol–water partition coefficient (Wildman–Crippen LogP) is 1.73. The Balaban J connectivity index is 1.94. The quantitative estimate of drug-likeness (QED) is 0.833. The minimum Gasteiger partial charge on any atom is -0.497 e. The van der Waals surface area contributed by atoms with Crippen LogP contribution in [0.25, 0.3) is 0 Å². The number of ether oxygens (including phenoxy) is 1. The van der Waals surface area contributed by atoms with E-state index >= 15 is 0 Å². The molecule has 2 saturated heterocycles. The van der Waals surface area contributed by atoms with Crippen molar-refractivity contribution in [3.05, 3.63) is 23.8 Å². The Labute approximate surface area is 124 Å². The van der Waals surface area contributed by atoms with E-state index < -0.39 is 0 Å². The van der Waals surface area contributed by atoms with Gasteiger partial charge in [-0.15, -0.1) is 0 Å². The van der Waals surface area contributed by atoms with Crippen molar-refractivity contribution in [3.8, 4) is 5.75 Å². The summed E-state index contributed by atoms with van der Waals surface area (Å²) in [7, 11) is 1.63. The van der Waals surface area contributed by atoms with Crippen molar-refractivity contribution in [1.29, 1.82) is 0 Å². The Morgan fingerprint density at radius 2 is 2.05 bits per heavy atom. The third kappa shape index (κ3) is 2.37. The lowest BCUT2D eigenvalue weighted by atomic mass is 10.1. The summed E-state index contributed by atoms with van der Waals surface area (Å²) in [6.45, 7) is 3.13. The summed E-state index contributed by atoms with van der Waals surface area (Å²) in [5.74, 6) is 0.920. The maximum absolute atomic E-state index is 12.8. The fourth-order valence-electron chi connectivity index (χ4n) is 3.26. The number of carbonyl (C=O) groups is 2. The molecule has 2 heterocycles. The minimum absolute atomic E-state index is 0.0478. The number of anilines is 1. The zero-order valence-corrected chi connectivity index (χ0v) is 12.5. The molecule has 2 aliphatic heterocycles. The number of hydrogen-bond acceptors (Lipinski definition) is 3. The van der Waals surface area contributed by atoms with Crippen LogP contribution < -0.4 is 9.64 Å². The van der Waals surface area contributed by atoms with Gasteiger partial charge in [0, 0.05) is 25.2 Å². The first kappa shape index (κ1) is 13.9. The number of hydrogen-bond donors (Lipinski definition) is 0. The average molecular weight is 288 g/mol. The maximum Gasteiger partial charge on any atom is 0.249 e. The highest BCUT2D eigenvalue weighted by Gasteiger charge is 2.39. The van der Waals surface area contributed by atoms with Gasteiger partial charge >= 0.3 is 0 Å². The number of amides is 2. The molecular formula is C16H20N2O3. The molecule has 2 fully saturated rings. The Morgan fingerprint density at radius 1 is 1.24 bits per heavy atom. The molecule has 2 aliphatic rings. The monoisotopic (exact) mass is 288 g/mol. The van der Waals surface area contributed by atoms with Crippen LogP contribution in [-0.4, -0.2) is 43.0 Å². The molecule has 0 saturated carbocycles. The van der Waals surface area contributed by atoms with Crippen molar-refractivity contribution in [2.45, 2.75) is 32.2 Å². The van der Waals surface area contributed by atoms with Gasteiger partial charge in [0.2, 0.25) is 11.8 Å². The molecule has 3 rings (SSSR count). The molecule has 1 atom stereocenters. The molecule has 5 heteroatoms. The first-order chi connectivity index (χ1) is 10.1. The Kier molecular flexibility index (Phi) is 3.57. The number of rotatable bonds is 2. The second-order valence-corrected chi connectivity index (χ2v) is 5.64. The van der Waals surface area contributed by atoms with E-state index in [1.54, 1.807) is 16.9 Å². The van der Waals surface area contributed by atoms with Crippen LogP contribution in [0, 0.1) is 6.92 Å². The molecule has 0 spiro atoms. The number of nitrogens with zero attached hydrogens (tertiary/aromatic N) is 2. The van der Waals surface area contributed by atoms with Gasteiger partial charge in [-0.2, -0.15) is 0 Å². The largest absolute Gasteiger partial charge is 0.497 e. The topological polar surface area (TPSA) is 49.9 Å². The Bertz CT molecular complexity index is 585. The van der Waals surface area contributed by atoms with E-state index in [9.17, 15) is 9.59 Å². The van der Waals surface area contributed by atoms with Crippen LogP contribution in [0.2, 0.25) is 0 Å². The van der Waals surface area contributed by atoms with Gasteiger partial charge in [-0.3, -0.25) is 9.59 Å². The first-order valence-corrected chi connectivity index (χ1v) is 7.37. The zero-order chi connectivity index (χ0) is 15.0. The Morgan fingerprint density at radius 3 is 2.76 bits per heavy atom. The Hall–Kier alpha value is -2.04. The molecule has 1 aromatic carbocycles. The highest BCUT2D eigenvalue weighted by molar-refractivity contribution is 6.02. The molecule has 0 radical (unpaired) electrons. The van der Waals surface area contributed by atoms with Gasteiger partial charge in [0.25, 0.3) is 0 Å². The lowest BCUT2D eigenvalue weighted by Gasteiger charge is -2.26. The lowest BCUT2D eigenvalue weighted by Crippen LogP contribution is -2.43. The number of aryl methyl sites for hydroxylation is 1. The normalized spacial score (nSPS) is 22.3. The molecule has 112 valence electrons. The van der Waals surface area contributed by atoms with Gasteiger partial charge in [0.15, 0.2) is 0 Å². The van der Waals surface area contributed by atoms with Crippen LogP contribution in [0.15, 0.2) is 18.2 Å². The molecule has 1 aromatic rings. The molecule has 21 heavy (non-hydrogen) atoms. The number of fused-ring (bicyclic) bond motifs is 1. The molecule has 0 aliphatic carbocycles. The van der Waals surface area contributed by atoms with Crippen LogP contribution >= 0.6 is 0 Å².